The van der Waals surface area contributed by atoms with Crippen molar-refractivity contribution in [3.63, 3.8) is 0 Å². The van der Waals surface area contributed by atoms with E-state index in [0.29, 0.717) is 10.8 Å². The van der Waals surface area contributed by atoms with Crippen LogP contribution in [-0.2, 0) is 4.74 Å². The molecule has 0 aliphatic carbocycles. The maximum absolute atomic E-state index is 13.7. The average molecular weight is 280 g/mol. The number of halogens is 1. The summed E-state index contributed by atoms with van der Waals surface area (Å²) in [5, 5.41) is 0.544. The first kappa shape index (κ1) is 13.5. The molecule has 0 bridgehead atoms. The molecule has 2 rings (SSSR count). The first-order valence-electron chi connectivity index (χ1n) is 5.58. The SMILES string of the molecule is COC(=O)c1nc(N(C)c2ccccc2F)sc1C. The average Bonchev–Trinajstić information content (AvgIpc) is 2.80. The van der Waals surface area contributed by atoms with Gasteiger partial charge in [-0.3, -0.25) is 0 Å². The van der Waals surface area contributed by atoms with Gasteiger partial charge in [0.25, 0.3) is 0 Å². The number of methoxy groups -OCH3 is 1. The second-order valence-corrected chi connectivity index (χ2v) is 5.08. The van der Waals surface area contributed by atoms with Gasteiger partial charge in [0.15, 0.2) is 10.8 Å². The molecule has 0 saturated carbocycles. The Morgan fingerprint density at radius 1 is 1.42 bits per heavy atom. The van der Waals surface area contributed by atoms with Crippen LogP contribution < -0.4 is 4.90 Å². The molecule has 0 aliphatic rings. The molecule has 19 heavy (non-hydrogen) atoms. The molecule has 0 amide bonds. The van der Waals surface area contributed by atoms with E-state index < -0.39 is 5.97 Å². The van der Waals surface area contributed by atoms with E-state index in [1.54, 1.807) is 37.1 Å². The lowest BCUT2D eigenvalue weighted by Crippen LogP contribution is -2.11. The number of thiazole rings is 1. The Morgan fingerprint density at radius 2 is 2.11 bits per heavy atom. The van der Waals surface area contributed by atoms with Crippen molar-refractivity contribution >= 4 is 28.1 Å². The van der Waals surface area contributed by atoms with Gasteiger partial charge in [0.1, 0.15) is 5.82 Å². The summed E-state index contributed by atoms with van der Waals surface area (Å²) in [7, 11) is 3.01. The topological polar surface area (TPSA) is 42.4 Å². The molecule has 0 aliphatic heterocycles. The number of nitrogens with zero attached hydrogens (tertiary/aromatic N) is 2. The zero-order valence-electron chi connectivity index (χ0n) is 10.8. The van der Waals surface area contributed by atoms with Gasteiger partial charge >= 0.3 is 5.97 Å². The molecule has 0 N–H and O–H groups in total. The molecule has 0 unspecified atom stereocenters. The van der Waals surface area contributed by atoms with Gasteiger partial charge < -0.3 is 9.64 Å². The van der Waals surface area contributed by atoms with E-state index >= 15 is 0 Å². The fourth-order valence-electron chi connectivity index (χ4n) is 1.64. The van der Waals surface area contributed by atoms with Crippen LogP contribution in [0.2, 0.25) is 0 Å². The minimum absolute atomic E-state index is 0.269. The summed E-state index contributed by atoms with van der Waals surface area (Å²) in [6.45, 7) is 1.78. The van der Waals surface area contributed by atoms with Crippen LogP contribution >= 0.6 is 11.3 Å². The van der Waals surface area contributed by atoms with Gasteiger partial charge in [0.05, 0.1) is 12.8 Å². The number of para-hydroxylation sites is 1. The maximum Gasteiger partial charge on any atom is 0.357 e. The van der Waals surface area contributed by atoms with E-state index in [-0.39, 0.29) is 11.5 Å². The lowest BCUT2D eigenvalue weighted by atomic mass is 10.3. The van der Waals surface area contributed by atoms with E-state index in [9.17, 15) is 9.18 Å². The molecule has 1 aromatic carbocycles. The smallest absolute Gasteiger partial charge is 0.357 e. The molecule has 2 aromatic rings. The van der Waals surface area contributed by atoms with Crippen molar-refractivity contribution in [1.82, 2.24) is 4.98 Å². The number of carbonyl (C=O) groups excluding carboxylic acids is 1. The first-order valence-corrected chi connectivity index (χ1v) is 6.40. The summed E-state index contributed by atoms with van der Waals surface area (Å²) in [5.41, 5.74) is 0.679. The number of aromatic nitrogens is 1. The highest BCUT2D eigenvalue weighted by Crippen LogP contribution is 2.31. The number of anilines is 2. The third-order valence-electron chi connectivity index (χ3n) is 2.66. The van der Waals surface area contributed by atoms with E-state index in [1.165, 1.54) is 24.5 Å². The molecule has 0 atom stereocenters. The van der Waals surface area contributed by atoms with E-state index in [2.05, 4.69) is 9.72 Å². The number of carbonyl (C=O) groups is 1. The fourth-order valence-corrected chi connectivity index (χ4v) is 2.51. The fraction of sp³-hybridized carbons (Fsp3) is 0.231. The summed E-state index contributed by atoms with van der Waals surface area (Å²) in [4.78, 5) is 18.1. The van der Waals surface area contributed by atoms with Crippen LogP contribution in [0.3, 0.4) is 0 Å². The van der Waals surface area contributed by atoms with Gasteiger partial charge in [0, 0.05) is 11.9 Å². The maximum atomic E-state index is 13.7. The van der Waals surface area contributed by atoms with Gasteiger partial charge in [-0.1, -0.05) is 12.1 Å². The molecule has 0 spiro atoms. The summed E-state index contributed by atoms with van der Waals surface area (Å²) in [6, 6.07) is 6.41. The van der Waals surface area contributed by atoms with Gasteiger partial charge in [-0.05, 0) is 19.1 Å². The lowest BCUT2D eigenvalue weighted by molar-refractivity contribution is 0.0594. The molecule has 0 radical (unpaired) electrons. The summed E-state index contributed by atoms with van der Waals surface area (Å²) >= 11 is 1.32. The molecule has 1 heterocycles. The van der Waals surface area contributed by atoms with E-state index in [1.807, 2.05) is 0 Å². The third-order valence-corrected chi connectivity index (χ3v) is 3.71. The number of aryl methyl sites for hydroxylation is 1. The van der Waals surface area contributed by atoms with Crippen molar-refractivity contribution in [2.24, 2.45) is 0 Å². The minimum atomic E-state index is -0.484. The Hall–Kier alpha value is -1.95. The molecule has 4 nitrogen and oxygen atoms in total. The van der Waals surface area contributed by atoms with E-state index in [0.717, 1.165) is 4.88 Å². The number of hydrogen-bond acceptors (Lipinski definition) is 5. The van der Waals surface area contributed by atoms with Crippen LogP contribution in [-0.4, -0.2) is 25.1 Å². The molecule has 100 valence electrons. The van der Waals surface area contributed by atoms with Crippen molar-refractivity contribution in [2.75, 3.05) is 19.1 Å². The molecule has 0 fully saturated rings. The lowest BCUT2D eigenvalue weighted by Gasteiger charge is -2.16. The van der Waals surface area contributed by atoms with Gasteiger partial charge in [-0.15, -0.1) is 11.3 Å². The molecule has 1 aromatic heterocycles. The molecular weight excluding hydrogens is 267 g/mol. The summed E-state index contributed by atoms with van der Waals surface area (Å²) in [5.74, 6) is -0.820. The van der Waals surface area contributed by atoms with Crippen molar-refractivity contribution in [3.8, 4) is 0 Å². The zero-order chi connectivity index (χ0) is 14.0. The number of hydrogen-bond donors (Lipinski definition) is 0. The molecular formula is C13H13FN2O2S. The van der Waals surface area contributed by atoms with Crippen LogP contribution in [0.5, 0.6) is 0 Å². The molecule has 6 heteroatoms. The largest absolute Gasteiger partial charge is 0.464 e. The molecule has 0 saturated heterocycles. The predicted octanol–water partition coefficient (Wildman–Crippen LogP) is 3.15. The number of benzene rings is 1. The van der Waals surface area contributed by atoms with Crippen molar-refractivity contribution in [1.29, 1.82) is 0 Å². The standard InChI is InChI=1S/C13H13FN2O2S/c1-8-11(12(17)18-3)15-13(19-8)16(2)10-7-5-4-6-9(10)14/h4-7H,1-3H3. The van der Waals surface area contributed by atoms with Crippen LogP contribution in [0.15, 0.2) is 24.3 Å². The predicted molar refractivity (Wildman–Crippen MR) is 72.7 cm³/mol. The normalized spacial score (nSPS) is 10.3. The van der Waals surface area contributed by atoms with Gasteiger partial charge in [0.2, 0.25) is 0 Å². The van der Waals surface area contributed by atoms with E-state index in [4.69, 9.17) is 0 Å². The highest BCUT2D eigenvalue weighted by atomic mass is 32.1. The van der Waals surface area contributed by atoms with Crippen molar-refractivity contribution < 1.29 is 13.9 Å². The second-order valence-electron chi connectivity index (χ2n) is 3.90. The van der Waals surface area contributed by atoms with Crippen LogP contribution in [0.1, 0.15) is 15.4 Å². The van der Waals surface area contributed by atoms with Crippen LogP contribution in [0.4, 0.5) is 15.2 Å². The minimum Gasteiger partial charge on any atom is -0.464 e. The Bertz CT molecular complexity index is 612. The Morgan fingerprint density at radius 3 is 2.74 bits per heavy atom. The highest BCUT2D eigenvalue weighted by molar-refractivity contribution is 7.15. The number of ether oxygens (including phenoxy) is 1. The Labute approximate surface area is 114 Å². The Kier molecular flexibility index (Phi) is 3.80. The van der Waals surface area contributed by atoms with Gasteiger partial charge in [-0.25, -0.2) is 14.2 Å². The second kappa shape index (κ2) is 5.36. The summed E-state index contributed by atoms with van der Waals surface area (Å²) in [6.07, 6.45) is 0. The quantitative estimate of drug-likeness (QED) is 0.810. The van der Waals surface area contributed by atoms with Crippen LogP contribution in [0.25, 0.3) is 0 Å². The summed E-state index contributed by atoms with van der Waals surface area (Å²) < 4.78 is 18.4. The zero-order valence-corrected chi connectivity index (χ0v) is 11.6. The van der Waals surface area contributed by atoms with Gasteiger partial charge in [-0.2, -0.15) is 0 Å². The number of rotatable bonds is 3. The highest BCUT2D eigenvalue weighted by Gasteiger charge is 2.19. The van der Waals surface area contributed by atoms with Crippen molar-refractivity contribution in [3.05, 3.63) is 40.7 Å². The van der Waals surface area contributed by atoms with Crippen LogP contribution in [0, 0.1) is 12.7 Å². The third kappa shape index (κ3) is 2.58. The van der Waals surface area contributed by atoms with Crippen molar-refractivity contribution in [2.45, 2.75) is 6.92 Å². The Balaban J connectivity index is 2.38. The number of esters is 1. The first-order chi connectivity index (χ1) is 9.04. The monoisotopic (exact) mass is 280 g/mol.